The lowest BCUT2D eigenvalue weighted by Gasteiger charge is -2.06. The van der Waals surface area contributed by atoms with Crippen molar-refractivity contribution in [2.45, 2.75) is 19.0 Å². The lowest BCUT2D eigenvalue weighted by atomic mass is 10.1. The van der Waals surface area contributed by atoms with E-state index in [4.69, 9.17) is 4.74 Å². The van der Waals surface area contributed by atoms with Gasteiger partial charge in [-0.2, -0.15) is 13.2 Å². The molecule has 0 radical (unpaired) electrons. The third kappa shape index (κ3) is 3.56. The number of ketones is 1. The Morgan fingerprint density at radius 3 is 2.62 bits per heavy atom. The average molecular weight is 232 g/mol. The molecule has 1 aromatic rings. The summed E-state index contributed by atoms with van der Waals surface area (Å²) in [4.78, 5) is 10.6. The molecule has 0 aliphatic rings. The largest absolute Gasteiger partial charge is 0.497 e. The van der Waals surface area contributed by atoms with E-state index < -0.39 is 18.4 Å². The fourth-order valence-electron chi connectivity index (χ4n) is 1.23. The lowest BCUT2D eigenvalue weighted by Crippen LogP contribution is -2.22. The second-order valence-corrected chi connectivity index (χ2v) is 3.27. The number of halogens is 3. The summed E-state index contributed by atoms with van der Waals surface area (Å²) in [5.74, 6) is -1.13. The van der Waals surface area contributed by atoms with Crippen molar-refractivity contribution in [3.05, 3.63) is 29.8 Å². The molecule has 88 valence electrons. The van der Waals surface area contributed by atoms with Gasteiger partial charge >= 0.3 is 6.18 Å². The van der Waals surface area contributed by atoms with Crippen LogP contribution in [0.15, 0.2) is 24.3 Å². The molecule has 0 aromatic heterocycles. The van der Waals surface area contributed by atoms with Crippen LogP contribution in [0.3, 0.4) is 0 Å². The van der Waals surface area contributed by atoms with Gasteiger partial charge in [0.1, 0.15) is 5.75 Å². The minimum atomic E-state index is -4.74. The highest BCUT2D eigenvalue weighted by Crippen LogP contribution is 2.20. The van der Waals surface area contributed by atoms with Gasteiger partial charge in [0.15, 0.2) is 0 Å². The Labute approximate surface area is 91.0 Å². The molecular weight excluding hydrogens is 221 g/mol. The summed E-state index contributed by atoms with van der Waals surface area (Å²) in [5, 5.41) is 0. The highest BCUT2D eigenvalue weighted by Gasteiger charge is 2.37. The number of carbonyl (C=O) groups is 1. The van der Waals surface area contributed by atoms with Gasteiger partial charge in [-0.25, -0.2) is 0 Å². The molecule has 0 bridgehead atoms. The van der Waals surface area contributed by atoms with Gasteiger partial charge < -0.3 is 4.74 Å². The third-order valence-electron chi connectivity index (χ3n) is 2.09. The van der Waals surface area contributed by atoms with Gasteiger partial charge in [0.05, 0.1) is 7.11 Å². The third-order valence-corrected chi connectivity index (χ3v) is 2.09. The van der Waals surface area contributed by atoms with E-state index in [1.165, 1.54) is 7.11 Å². The van der Waals surface area contributed by atoms with Gasteiger partial charge in [-0.15, -0.1) is 0 Å². The highest BCUT2D eigenvalue weighted by molar-refractivity contribution is 5.84. The summed E-state index contributed by atoms with van der Waals surface area (Å²) in [7, 11) is 1.47. The fraction of sp³-hybridized carbons (Fsp3) is 0.364. The van der Waals surface area contributed by atoms with E-state index in [0.717, 1.165) is 0 Å². The lowest BCUT2D eigenvalue weighted by molar-refractivity contribution is -0.171. The maximum Gasteiger partial charge on any atom is 0.449 e. The number of benzene rings is 1. The number of carbonyl (C=O) groups excluding carboxylic acids is 1. The Bertz CT molecular complexity index is 372. The number of hydrogen-bond acceptors (Lipinski definition) is 2. The van der Waals surface area contributed by atoms with E-state index >= 15 is 0 Å². The molecule has 0 fully saturated rings. The molecule has 0 aliphatic heterocycles. The standard InChI is InChI=1S/C11H11F3O2/c1-16-9-4-2-3-8(7-9)5-6-10(15)11(12,13)14/h2-4,7H,5-6H2,1H3. The van der Waals surface area contributed by atoms with Gasteiger partial charge in [0.25, 0.3) is 0 Å². The van der Waals surface area contributed by atoms with Crippen LogP contribution in [0.25, 0.3) is 0 Å². The summed E-state index contributed by atoms with van der Waals surface area (Å²) < 4.78 is 40.7. The van der Waals surface area contributed by atoms with Crippen LogP contribution >= 0.6 is 0 Å². The molecule has 0 aliphatic carbocycles. The molecule has 16 heavy (non-hydrogen) atoms. The zero-order valence-corrected chi connectivity index (χ0v) is 8.67. The second-order valence-electron chi connectivity index (χ2n) is 3.27. The molecule has 0 N–H and O–H groups in total. The predicted octanol–water partition coefficient (Wildman–Crippen LogP) is 2.76. The topological polar surface area (TPSA) is 26.3 Å². The molecular formula is C11H11F3O2. The first-order chi connectivity index (χ1) is 7.43. The van der Waals surface area contributed by atoms with Crippen molar-refractivity contribution >= 4 is 5.78 Å². The monoisotopic (exact) mass is 232 g/mol. The van der Waals surface area contributed by atoms with Crippen LogP contribution in [-0.4, -0.2) is 19.1 Å². The number of aryl methyl sites for hydroxylation is 1. The van der Waals surface area contributed by atoms with Gasteiger partial charge in [-0.3, -0.25) is 4.79 Å². The first-order valence-electron chi connectivity index (χ1n) is 4.66. The number of alkyl halides is 3. The maximum absolute atomic E-state index is 11.9. The first kappa shape index (κ1) is 12.5. The summed E-state index contributed by atoms with van der Waals surface area (Å²) in [6.07, 6.45) is -5.20. The minimum absolute atomic E-state index is 0.0650. The van der Waals surface area contributed by atoms with Gasteiger partial charge in [-0.1, -0.05) is 12.1 Å². The van der Waals surface area contributed by atoms with Crippen LogP contribution in [-0.2, 0) is 11.2 Å². The molecule has 0 atom stereocenters. The summed E-state index contributed by atoms with van der Waals surface area (Å²) in [5.41, 5.74) is 0.650. The number of Topliss-reactive ketones (excluding diaryl/α,β-unsaturated/α-hetero) is 1. The Morgan fingerprint density at radius 2 is 2.06 bits per heavy atom. The molecule has 5 heteroatoms. The first-order valence-corrected chi connectivity index (χ1v) is 4.66. The van der Waals surface area contributed by atoms with Gasteiger partial charge in [-0.05, 0) is 24.1 Å². The van der Waals surface area contributed by atoms with Crippen molar-refractivity contribution in [2.75, 3.05) is 7.11 Å². The van der Waals surface area contributed by atoms with E-state index in [9.17, 15) is 18.0 Å². The van der Waals surface area contributed by atoms with E-state index in [2.05, 4.69) is 0 Å². The molecule has 0 saturated carbocycles. The molecule has 0 amide bonds. The maximum atomic E-state index is 11.9. The van der Waals surface area contributed by atoms with E-state index in [1.807, 2.05) is 0 Å². The van der Waals surface area contributed by atoms with Crippen LogP contribution in [0.2, 0.25) is 0 Å². The summed E-state index contributed by atoms with van der Waals surface area (Å²) >= 11 is 0. The molecule has 0 spiro atoms. The van der Waals surface area contributed by atoms with E-state index in [-0.39, 0.29) is 6.42 Å². The Morgan fingerprint density at radius 1 is 1.38 bits per heavy atom. The molecule has 1 aromatic carbocycles. The van der Waals surface area contributed by atoms with Gasteiger partial charge in [0, 0.05) is 6.42 Å². The molecule has 0 heterocycles. The van der Waals surface area contributed by atoms with E-state index in [1.54, 1.807) is 24.3 Å². The van der Waals surface area contributed by atoms with Gasteiger partial charge in [0.2, 0.25) is 5.78 Å². The van der Waals surface area contributed by atoms with Crippen molar-refractivity contribution in [3.8, 4) is 5.75 Å². The van der Waals surface area contributed by atoms with Crippen LogP contribution in [0.1, 0.15) is 12.0 Å². The van der Waals surface area contributed by atoms with Crippen molar-refractivity contribution in [1.82, 2.24) is 0 Å². The van der Waals surface area contributed by atoms with Crippen molar-refractivity contribution in [1.29, 1.82) is 0 Å². The SMILES string of the molecule is COc1cccc(CCC(=O)C(F)(F)F)c1. The number of methoxy groups -OCH3 is 1. The highest BCUT2D eigenvalue weighted by atomic mass is 19.4. The van der Waals surface area contributed by atoms with Crippen LogP contribution in [0.5, 0.6) is 5.75 Å². The van der Waals surface area contributed by atoms with Crippen molar-refractivity contribution < 1.29 is 22.7 Å². The van der Waals surface area contributed by atoms with Crippen molar-refractivity contribution in [3.63, 3.8) is 0 Å². The summed E-state index contributed by atoms with van der Waals surface area (Å²) in [6, 6.07) is 6.64. The quantitative estimate of drug-likeness (QED) is 0.797. The van der Waals surface area contributed by atoms with Crippen LogP contribution < -0.4 is 4.74 Å². The zero-order chi connectivity index (χ0) is 12.2. The van der Waals surface area contributed by atoms with Crippen molar-refractivity contribution in [2.24, 2.45) is 0 Å². The molecule has 2 nitrogen and oxygen atoms in total. The Kier molecular flexibility index (Phi) is 3.93. The fourth-order valence-corrected chi connectivity index (χ4v) is 1.23. The second kappa shape index (κ2) is 5.01. The molecule has 0 unspecified atom stereocenters. The predicted molar refractivity (Wildman–Crippen MR) is 52.4 cm³/mol. The molecule has 0 saturated heterocycles. The Hall–Kier alpha value is -1.52. The normalized spacial score (nSPS) is 11.2. The Balaban J connectivity index is 2.58. The van der Waals surface area contributed by atoms with Crippen LogP contribution in [0.4, 0.5) is 13.2 Å². The number of hydrogen-bond donors (Lipinski definition) is 0. The zero-order valence-electron chi connectivity index (χ0n) is 8.67. The average Bonchev–Trinajstić information content (AvgIpc) is 2.25. The number of ether oxygens (including phenoxy) is 1. The smallest absolute Gasteiger partial charge is 0.449 e. The van der Waals surface area contributed by atoms with Crippen LogP contribution in [0, 0.1) is 0 Å². The summed E-state index contributed by atoms with van der Waals surface area (Å²) in [6.45, 7) is 0. The number of rotatable bonds is 4. The minimum Gasteiger partial charge on any atom is -0.497 e. The van der Waals surface area contributed by atoms with E-state index in [0.29, 0.717) is 11.3 Å². The molecule has 1 rings (SSSR count).